The minimum atomic E-state index is -0.339. The third-order valence-corrected chi connectivity index (χ3v) is 2.75. The SMILES string of the molecule is CC(C)COc1cccc(NC(=O)c2nn(C)cc2N)c1. The van der Waals surface area contributed by atoms with E-state index < -0.39 is 0 Å². The van der Waals surface area contributed by atoms with E-state index in [1.165, 1.54) is 4.68 Å². The number of carbonyl (C=O) groups excluding carboxylic acids is 1. The Bertz CT molecular complexity index is 634. The van der Waals surface area contributed by atoms with Crippen LogP contribution in [0, 0.1) is 5.92 Å². The van der Waals surface area contributed by atoms with Gasteiger partial charge in [0.15, 0.2) is 5.69 Å². The smallest absolute Gasteiger partial charge is 0.278 e. The lowest BCUT2D eigenvalue weighted by atomic mass is 10.2. The zero-order valence-corrected chi connectivity index (χ0v) is 12.5. The standard InChI is InChI=1S/C15H20N4O2/c1-10(2)9-21-12-6-4-5-11(7-12)17-15(20)14-13(16)8-19(3)18-14/h4-8,10H,9,16H2,1-3H3,(H,17,20). The molecule has 1 aromatic heterocycles. The van der Waals surface area contributed by atoms with Crippen molar-refractivity contribution in [2.24, 2.45) is 13.0 Å². The monoisotopic (exact) mass is 288 g/mol. The van der Waals surface area contributed by atoms with Crippen LogP contribution in [0.5, 0.6) is 5.75 Å². The van der Waals surface area contributed by atoms with Gasteiger partial charge in [-0.25, -0.2) is 0 Å². The third kappa shape index (κ3) is 3.98. The van der Waals surface area contributed by atoms with Gasteiger partial charge < -0.3 is 15.8 Å². The summed E-state index contributed by atoms with van der Waals surface area (Å²) in [4.78, 5) is 12.1. The molecule has 0 fully saturated rings. The van der Waals surface area contributed by atoms with Crippen LogP contribution < -0.4 is 15.8 Å². The van der Waals surface area contributed by atoms with Crippen molar-refractivity contribution in [1.82, 2.24) is 9.78 Å². The van der Waals surface area contributed by atoms with Crippen LogP contribution in [0.2, 0.25) is 0 Å². The van der Waals surface area contributed by atoms with E-state index >= 15 is 0 Å². The maximum Gasteiger partial charge on any atom is 0.278 e. The number of aryl methyl sites for hydroxylation is 1. The summed E-state index contributed by atoms with van der Waals surface area (Å²) in [6.07, 6.45) is 1.59. The van der Waals surface area contributed by atoms with Crippen molar-refractivity contribution < 1.29 is 9.53 Å². The van der Waals surface area contributed by atoms with Crippen LogP contribution in [-0.2, 0) is 7.05 Å². The number of rotatable bonds is 5. The zero-order chi connectivity index (χ0) is 15.4. The number of aromatic nitrogens is 2. The molecule has 0 spiro atoms. The molecule has 3 N–H and O–H groups in total. The number of benzene rings is 1. The van der Waals surface area contributed by atoms with Crippen LogP contribution >= 0.6 is 0 Å². The second kappa shape index (κ2) is 6.30. The van der Waals surface area contributed by atoms with Gasteiger partial charge in [0.2, 0.25) is 0 Å². The lowest BCUT2D eigenvalue weighted by Crippen LogP contribution is -2.14. The molecule has 0 aliphatic carbocycles. The Labute approximate surface area is 123 Å². The highest BCUT2D eigenvalue weighted by atomic mass is 16.5. The predicted molar refractivity (Wildman–Crippen MR) is 82.3 cm³/mol. The molecule has 1 heterocycles. The average Bonchev–Trinajstić information content (AvgIpc) is 2.76. The van der Waals surface area contributed by atoms with Gasteiger partial charge in [0, 0.05) is 25.0 Å². The first kappa shape index (κ1) is 14.9. The highest BCUT2D eigenvalue weighted by Gasteiger charge is 2.14. The molecule has 0 saturated heterocycles. The summed E-state index contributed by atoms with van der Waals surface area (Å²) >= 11 is 0. The van der Waals surface area contributed by atoms with Gasteiger partial charge in [0.1, 0.15) is 5.75 Å². The van der Waals surface area contributed by atoms with Gasteiger partial charge in [0.05, 0.1) is 12.3 Å². The van der Waals surface area contributed by atoms with Crippen LogP contribution in [-0.4, -0.2) is 22.3 Å². The quantitative estimate of drug-likeness (QED) is 0.884. The van der Waals surface area contributed by atoms with E-state index in [1.54, 1.807) is 25.4 Å². The number of nitrogens with two attached hydrogens (primary N) is 1. The molecule has 2 aromatic rings. The number of anilines is 2. The first-order valence-electron chi connectivity index (χ1n) is 6.79. The molecule has 0 aliphatic rings. The lowest BCUT2D eigenvalue weighted by molar-refractivity contribution is 0.102. The van der Waals surface area contributed by atoms with Crippen LogP contribution in [0.25, 0.3) is 0 Å². The molecule has 0 aliphatic heterocycles. The van der Waals surface area contributed by atoms with Gasteiger partial charge >= 0.3 is 0 Å². The molecule has 0 radical (unpaired) electrons. The molecule has 6 nitrogen and oxygen atoms in total. The van der Waals surface area contributed by atoms with E-state index in [-0.39, 0.29) is 11.6 Å². The summed E-state index contributed by atoms with van der Waals surface area (Å²) in [6, 6.07) is 7.25. The van der Waals surface area contributed by atoms with Gasteiger partial charge in [-0.2, -0.15) is 5.10 Å². The largest absolute Gasteiger partial charge is 0.493 e. The predicted octanol–water partition coefficient (Wildman–Crippen LogP) is 2.29. The van der Waals surface area contributed by atoms with Crippen LogP contribution in [0.3, 0.4) is 0 Å². The molecule has 112 valence electrons. The molecule has 0 saturated carbocycles. The number of nitrogens with one attached hydrogen (secondary N) is 1. The fourth-order valence-corrected chi connectivity index (χ4v) is 1.80. The summed E-state index contributed by atoms with van der Waals surface area (Å²) in [6.45, 7) is 4.79. The summed E-state index contributed by atoms with van der Waals surface area (Å²) in [7, 11) is 1.72. The Morgan fingerprint density at radius 2 is 2.24 bits per heavy atom. The van der Waals surface area contributed by atoms with Crippen molar-refractivity contribution in [3.8, 4) is 5.75 Å². The van der Waals surface area contributed by atoms with Crippen molar-refractivity contribution in [1.29, 1.82) is 0 Å². The van der Waals surface area contributed by atoms with Gasteiger partial charge in [-0.05, 0) is 18.1 Å². The van der Waals surface area contributed by atoms with Crippen molar-refractivity contribution in [3.05, 3.63) is 36.2 Å². The Kier molecular flexibility index (Phi) is 4.47. The van der Waals surface area contributed by atoms with E-state index in [1.807, 2.05) is 12.1 Å². The average molecular weight is 288 g/mol. The zero-order valence-electron chi connectivity index (χ0n) is 12.5. The van der Waals surface area contributed by atoms with Gasteiger partial charge in [-0.15, -0.1) is 0 Å². The van der Waals surface area contributed by atoms with E-state index in [9.17, 15) is 4.79 Å². The first-order chi connectivity index (χ1) is 9.95. The van der Waals surface area contributed by atoms with Gasteiger partial charge in [-0.3, -0.25) is 9.48 Å². The number of carbonyl (C=O) groups is 1. The molecule has 2 rings (SSSR count). The summed E-state index contributed by atoms with van der Waals surface area (Å²) in [5, 5.41) is 6.80. The van der Waals surface area contributed by atoms with Crippen molar-refractivity contribution in [3.63, 3.8) is 0 Å². The number of nitrogen functional groups attached to an aromatic ring is 1. The van der Waals surface area contributed by atoms with Crippen molar-refractivity contribution in [2.45, 2.75) is 13.8 Å². The van der Waals surface area contributed by atoms with Crippen LogP contribution in [0.1, 0.15) is 24.3 Å². The highest BCUT2D eigenvalue weighted by Crippen LogP contribution is 2.19. The second-order valence-electron chi connectivity index (χ2n) is 5.29. The Balaban J connectivity index is 2.07. The molecule has 0 unspecified atom stereocenters. The fraction of sp³-hybridized carbons (Fsp3) is 0.333. The van der Waals surface area contributed by atoms with E-state index in [4.69, 9.17) is 10.5 Å². The molecular weight excluding hydrogens is 268 g/mol. The first-order valence-corrected chi connectivity index (χ1v) is 6.79. The maximum absolute atomic E-state index is 12.1. The minimum absolute atomic E-state index is 0.214. The number of hydrogen-bond acceptors (Lipinski definition) is 4. The fourth-order valence-electron chi connectivity index (χ4n) is 1.80. The van der Waals surface area contributed by atoms with Crippen molar-refractivity contribution in [2.75, 3.05) is 17.7 Å². The third-order valence-electron chi connectivity index (χ3n) is 2.75. The molecular formula is C15H20N4O2. The van der Waals surface area contributed by atoms with Gasteiger partial charge in [0.25, 0.3) is 5.91 Å². The van der Waals surface area contributed by atoms with Crippen LogP contribution in [0.15, 0.2) is 30.5 Å². The summed E-state index contributed by atoms with van der Waals surface area (Å²) in [5.41, 5.74) is 6.95. The van der Waals surface area contributed by atoms with E-state index in [2.05, 4.69) is 24.3 Å². The molecule has 1 amide bonds. The highest BCUT2D eigenvalue weighted by molar-refractivity contribution is 6.06. The molecule has 21 heavy (non-hydrogen) atoms. The van der Waals surface area contributed by atoms with E-state index in [0.29, 0.717) is 23.9 Å². The molecule has 1 aromatic carbocycles. The topological polar surface area (TPSA) is 82.2 Å². The number of hydrogen-bond donors (Lipinski definition) is 2. The Hall–Kier alpha value is -2.50. The van der Waals surface area contributed by atoms with Gasteiger partial charge in [-0.1, -0.05) is 19.9 Å². The van der Waals surface area contributed by atoms with E-state index in [0.717, 1.165) is 5.75 Å². The molecule has 0 atom stereocenters. The Morgan fingerprint density at radius 3 is 2.86 bits per heavy atom. The van der Waals surface area contributed by atoms with Crippen molar-refractivity contribution >= 4 is 17.3 Å². The summed E-state index contributed by atoms with van der Waals surface area (Å²) in [5.74, 6) is 0.821. The lowest BCUT2D eigenvalue weighted by Gasteiger charge is -2.10. The molecule has 6 heteroatoms. The second-order valence-corrected chi connectivity index (χ2v) is 5.29. The minimum Gasteiger partial charge on any atom is -0.493 e. The maximum atomic E-state index is 12.1. The number of amides is 1. The summed E-state index contributed by atoms with van der Waals surface area (Å²) < 4.78 is 7.13. The Morgan fingerprint density at radius 1 is 1.48 bits per heavy atom. The molecule has 0 bridgehead atoms. The number of nitrogens with zero attached hydrogens (tertiary/aromatic N) is 2. The normalized spacial score (nSPS) is 10.7. The van der Waals surface area contributed by atoms with Crippen LogP contribution in [0.4, 0.5) is 11.4 Å². The number of ether oxygens (including phenoxy) is 1.